The molecule has 30 heavy (non-hydrogen) atoms. The Labute approximate surface area is 186 Å². The molecule has 0 heterocycles. The molecular weight excluding hydrogens is 387 g/mol. The SMILES string of the molecule is CCC(=O)OP(C1CCCCC1)(C1CCCCC1)(C1CCCCC1)C1CCCCC1. The maximum absolute atomic E-state index is 13.4. The van der Waals surface area contributed by atoms with Crippen LogP contribution in [0.1, 0.15) is 142 Å². The predicted octanol–water partition coefficient (Wildman–Crippen LogP) is 8.74. The number of rotatable bonds is 6. The molecule has 0 spiro atoms. The molecule has 0 aromatic carbocycles. The van der Waals surface area contributed by atoms with Crippen molar-refractivity contribution in [3.05, 3.63) is 0 Å². The summed E-state index contributed by atoms with van der Waals surface area (Å²) in [4.78, 5) is 13.4. The van der Waals surface area contributed by atoms with Gasteiger partial charge in [-0.2, -0.15) is 0 Å². The van der Waals surface area contributed by atoms with Crippen LogP contribution in [0.15, 0.2) is 0 Å². The van der Waals surface area contributed by atoms with E-state index in [-0.39, 0.29) is 5.97 Å². The van der Waals surface area contributed by atoms with Crippen LogP contribution < -0.4 is 0 Å². The van der Waals surface area contributed by atoms with Crippen LogP contribution in [0, 0.1) is 0 Å². The first-order chi connectivity index (χ1) is 14.7. The second kappa shape index (κ2) is 10.2. The standard InChI is InChI=1S/C27H49O2P/c1-2-27(28)29-30(23-15-7-3-8-16-23,24-17-9-4-10-18-24,25-19-11-5-12-20-25)26-21-13-6-14-22-26/h23-26H,2-22H2,1H3. The Bertz CT molecular complexity index is 466. The molecule has 0 saturated heterocycles. The molecule has 0 aliphatic heterocycles. The van der Waals surface area contributed by atoms with Crippen molar-refractivity contribution in [3.8, 4) is 0 Å². The van der Waals surface area contributed by atoms with Crippen molar-refractivity contribution in [2.24, 2.45) is 0 Å². The number of hydrogen-bond acceptors (Lipinski definition) is 2. The molecule has 0 bridgehead atoms. The maximum atomic E-state index is 13.4. The van der Waals surface area contributed by atoms with Crippen molar-refractivity contribution >= 4 is 12.8 Å². The van der Waals surface area contributed by atoms with Gasteiger partial charge in [-0.3, -0.25) is 0 Å². The summed E-state index contributed by atoms with van der Waals surface area (Å²) in [5.74, 6) is 0.181. The summed E-state index contributed by atoms with van der Waals surface area (Å²) in [5, 5.41) is 0. The monoisotopic (exact) mass is 436 g/mol. The first-order valence-electron chi connectivity index (χ1n) is 14.0. The van der Waals surface area contributed by atoms with E-state index < -0.39 is 6.83 Å². The van der Waals surface area contributed by atoms with Gasteiger partial charge in [-0.1, -0.05) is 0 Å². The quantitative estimate of drug-likeness (QED) is 0.389. The van der Waals surface area contributed by atoms with Crippen LogP contribution >= 0.6 is 6.83 Å². The van der Waals surface area contributed by atoms with Crippen LogP contribution in [0.4, 0.5) is 0 Å². The van der Waals surface area contributed by atoms with Gasteiger partial charge in [0, 0.05) is 0 Å². The van der Waals surface area contributed by atoms with Gasteiger partial charge in [0.05, 0.1) is 0 Å². The normalized spacial score (nSPS) is 28.0. The molecule has 3 heteroatoms. The molecule has 4 rings (SSSR count). The number of hydrogen-bond donors (Lipinski definition) is 0. The van der Waals surface area contributed by atoms with E-state index in [0.717, 1.165) is 22.6 Å². The molecule has 0 atom stereocenters. The van der Waals surface area contributed by atoms with E-state index in [1.54, 1.807) is 0 Å². The molecule has 4 saturated carbocycles. The molecule has 0 unspecified atom stereocenters. The Hall–Kier alpha value is -0.100. The Balaban J connectivity index is 1.91. The third-order valence-electron chi connectivity index (χ3n) is 10.0. The van der Waals surface area contributed by atoms with E-state index in [0.29, 0.717) is 6.42 Å². The Morgan fingerprint density at radius 3 is 1.07 bits per heavy atom. The first kappa shape index (κ1) is 23.1. The molecule has 0 N–H and O–H groups in total. The van der Waals surface area contributed by atoms with Crippen LogP contribution in [0.3, 0.4) is 0 Å². The minimum atomic E-state index is -2.70. The second-order valence-electron chi connectivity index (χ2n) is 11.3. The fourth-order valence-electron chi connectivity index (χ4n) is 8.92. The Kier molecular flexibility index (Phi) is 7.87. The van der Waals surface area contributed by atoms with E-state index in [1.165, 1.54) is 128 Å². The first-order valence-corrected chi connectivity index (χ1v) is 16.4. The zero-order valence-corrected chi connectivity index (χ0v) is 20.8. The summed E-state index contributed by atoms with van der Waals surface area (Å²) in [6, 6.07) is 0. The molecule has 0 aromatic heterocycles. The average molecular weight is 437 g/mol. The van der Waals surface area contributed by atoms with Crippen LogP contribution in [-0.2, 0) is 9.32 Å². The summed E-state index contributed by atoms with van der Waals surface area (Å²) in [6.45, 7) is -0.649. The molecular formula is C27H49O2P. The average Bonchev–Trinajstić information content (AvgIpc) is 2.85. The van der Waals surface area contributed by atoms with Gasteiger partial charge >= 0.3 is 187 Å². The fraction of sp³-hybridized carbons (Fsp3) is 0.963. The van der Waals surface area contributed by atoms with E-state index in [2.05, 4.69) is 6.92 Å². The zero-order valence-electron chi connectivity index (χ0n) is 19.9. The van der Waals surface area contributed by atoms with Crippen molar-refractivity contribution in [1.82, 2.24) is 0 Å². The van der Waals surface area contributed by atoms with Crippen LogP contribution in [0.2, 0.25) is 0 Å². The Morgan fingerprint density at radius 2 is 0.833 bits per heavy atom. The van der Waals surface area contributed by atoms with Crippen molar-refractivity contribution in [3.63, 3.8) is 0 Å². The molecule has 4 aliphatic carbocycles. The van der Waals surface area contributed by atoms with E-state index in [9.17, 15) is 4.79 Å². The van der Waals surface area contributed by atoms with Gasteiger partial charge in [0.2, 0.25) is 0 Å². The third kappa shape index (κ3) is 3.91. The molecule has 0 aromatic rings. The predicted molar refractivity (Wildman–Crippen MR) is 131 cm³/mol. The third-order valence-corrected chi connectivity index (χ3v) is 19.0. The van der Waals surface area contributed by atoms with Crippen molar-refractivity contribution in [2.45, 2.75) is 164 Å². The van der Waals surface area contributed by atoms with Gasteiger partial charge in [0.1, 0.15) is 0 Å². The zero-order chi connectivity index (χ0) is 20.9. The summed E-state index contributed by atoms with van der Waals surface area (Å²) in [6.07, 6.45) is 28.3. The van der Waals surface area contributed by atoms with E-state index >= 15 is 0 Å². The molecule has 174 valence electrons. The van der Waals surface area contributed by atoms with Gasteiger partial charge in [-0.05, 0) is 0 Å². The summed E-state index contributed by atoms with van der Waals surface area (Å²) >= 11 is 0. The van der Waals surface area contributed by atoms with E-state index in [4.69, 9.17) is 4.52 Å². The van der Waals surface area contributed by atoms with Crippen molar-refractivity contribution in [1.29, 1.82) is 0 Å². The molecule has 4 fully saturated rings. The number of carbonyl (C=O) groups is 1. The van der Waals surface area contributed by atoms with Gasteiger partial charge in [0.25, 0.3) is 0 Å². The van der Waals surface area contributed by atoms with Gasteiger partial charge < -0.3 is 0 Å². The van der Waals surface area contributed by atoms with Crippen LogP contribution in [0.25, 0.3) is 0 Å². The van der Waals surface area contributed by atoms with Crippen molar-refractivity contribution < 1.29 is 9.32 Å². The van der Waals surface area contributed by atoms with Gasteiger partial charge in [-0.15, -0.1) is 0 Å². The van der Waals surface area contributed by atoms with Gasteiger partial charge in [-0.25, -0.2) is 0 Å². The molecule has 0 amide bonds. The number of carbonyl (C=O) groups excluding carboxylic acids is 1. The van der Waals surface area contributed by atoms with Crippen LogP contribution in [-0.4, -0.2) is 28.6 Å². The minimum absolute atomic E-state index is 0.181. The Morgan fingerprint density at radius 1 is 0.567 bits per heavy atom. The molecule has 4 aliphatic rings. The molecule has 0 radical (unpaired) electrons. The van der Waals surface area contributed by atoms with Crippen LogP contribution in [0.5, 0.6) is 0 Å². The fourth-order valence-corrected chi connectivity index (χ4v) is 19.6. The summed E-state index contributed by atoms with van der Waals surface area (Å²) < 4.78 is 7.42. The molecule has 2 nitrogen and oxygen atoms in total. The summed E-state index contributed by atoms with van der Waals surface area (Å²) in [5.41, 5.74) is 2.98. The van der Waals surface area contributed by atoms with E-state index in [1.807, 2.05) is 0 Å². The van der Waals surface area contributed by atoms with Crippen molar-refractivity contribution in [2.75, 3.05) is 0 Å². The topological polar surface area (TPSA) is 26.3 Å². The second-order valence-corrected chi connectivity index (χ2v) is 17.0. The summed E-state index contributed by atoms with van der Waals surface area (Å²) in [7, 11) is 0. The van der Waals surface area contributed by atoms with Gasteiger partial charge in [0.15, 0.2) is 0 Å².